The molecule has 4 aromatic carbocycles. The van der Waals surface area contributed by atoms with Gasteiger partial charge in [0.2, 0.25) is 0 Å². The fourth-order valence-corrected chi connectivity index (χ4v) is 7.73. The molecule has 1 spiro atoms. The van der Waals surface area contributed by atoms with E-state index in [-0.39, 0.29) is 16.2 Å². The summed E-state index contributed by atoms with van der Waals surface area (Å²) >= 11 is 0. The molecule has 8 heteroatoms. The summed E-state index contributed by atoms with van der Waals surface area (Å²) in [6.07, 6.45) is 0. The molecule has 2 aliphatic rings. The number of benzene rings is 4. The smallest absolute Gasteiger partial charge is 0.397 e. The highest BCUT2D eigenvalue weighted by Crippen LogP contribution is 2.53. The van der Waals surface area contributed by atoms with Crippen molar-refractivity contribution in [2.24, 2.45) is 5.41 Å². The van der Waals surface area contributed by atoms with Crippen LogP contribution in [0.2, 0.25) is 0 Å². The lowest BCUT2D eigenvalue weighted by Gasteiger charge is -2.41. The highest BCUT2D eigenvalue weighted by atomic mass is 31.2. The van der Waals surface area contributed by atoms with Gasteiger partial charge in [0.15, 0.2) is 0 Å². The van der Waals surface area contributed by atoms with Crippen LogP contribution in [0, 0.1) is 5.41 Å². The van der Waals surface area contributed by atoms with Crippen molar-refractivity contribution in [3.8, 4) is 11.5 Å². The zero-order valence-electron chi connectivity index (χ0n) is 25.1. The maximum atomic E-state index is 6.04. The first-order chi connectivity index (χ1) is 20.7. The molecule has 43 heavy (non-hydrogen) atoms. The average Bonchev–Trinajstić information content (AvgIpc) is 3.05. The third-order valence-corrected chi connectivity index (χ3v) is 10.5. The Balaban J connectivity index is 0.971. The van der Waals surface area contributed by atoms with Gasteiger partial charge < -0.3 is 27.1 Å². The molecule has 0 aliphatic carbocycles. The van der Waals surface area contributed by atoms with Crippen molar-refractivity contribution in [1.29, 1.82) is 0 Å². The molecule has 2 aliphatic heterocycles. The average molecular weight is 617 g/mol. The topological polar surface area (TPSA) is 55.4 Å². The molecule has 4 aromatic rings. The minimum absolute atomic E-state index is 0.109. The lowest BCUT2D eigenvalue weighted by Crippen LogP contribution is -2.45. The first kappa shape index (κ1) is 30.2. The van der Waals surface area contributed by atoms with Gasteiger partial charge in [-0.05, 0) is 46.5 Å². The quantitative estimate of drug-likeness (QED) is 0.184. The van der Waals surface area contributed by atoms with Crippen LogP contribution in [0.1, 0.15) is 49.9 Å². The van der Waals surface area contributed by atoms with Gasteiger partial charge in [-0.3, -0.25) is 0 Å². The molecule has 0 bridgehead atoms. The molecule has 0 atom stereocenters. The zero-order chi connectivity index (χ0) is 29.9. The summed E-state index contributed by atoms with van der Waals surface area (Å²) in [6.45, 7) is 10.6. The highest BCUT2D eigenvalue weighted by Gasteiger charge is 2.45. The number of hydrogen-bond acceptors (Lipinski definition) is 6. The van der Waals surface area contributed by atoms with Crippen LogP contribution in [0.4, 0.5) is 0 Å². The highest BCUT2D eigenvalue weighted by molar-refractivity contribution is 7.42. The van der Waals surface area contributed by atoms with E-state index >= 15 is 0 Å². The van der Waals surface area contributed by atoms with Crippen LogP contribution < -0.4 is 9.05 Å². The second-order valence-electron chi connectivity index (χ2n) is 12.3. The fourth-order valence-electron chi connectivity index (χ4n) is 5.27. The van der Waals surface area contributed by atoms with Crippen LogP contribution in [0.5, 0.6) is 11.5 Å². The molecule has 224 valence electrons. The van der Waals surface area contributed by atoms with E-state index in [2.05, 4.69) is 100 Å². The standard InChI is InChI=1S/C35H38O6P2/c1-33(2,27-11-7-5-8-12-27)29-15-19-31(20-16-29)40-42-36-23-35(24-37-42)25-38-43(39-26-35)41-32-21-17-30(18-22-32)34(3,4)28-13-9-6-10-14-28/h5-22H,23-26H2,1-4H3. The molecule has 0 radical (unpaired) electrons. The van der Waals surface area contributed by atoms with Crippen LogP contribution in [-0.2, 0) is 28.9 Å². The van der Waals surface area contributed by atoms with Gasteiger partial charge in [-0.15, -0.1) is 0 Å². The van der Waals surface area contributed by atoms with E-state index in [1.165, 1.54) is 22.3 Å². The van der Waals surface area contributed by atoms with Crippen LogP contribution >= 0.6 is 17.2 Å². The second kappa shape index (κ2) is 12.7. The lowest BCUT2D eigenvalue weighted by atomic mass is 9.78. The van der Waals surface area contributed by atoms with Crippen LogP contribution in [0.15, 0.2) is 109 Å². The van der Waals surface area contributed by atoms with E-state index in [0.29, 0.717) is 26.4 Å². The predicted molar refractivity (Wildman–Crippen MR) is 171 cm³/mol. The Morgan fingerprint density at radius 3 is 1.09 bits per heavy atom. The van der Waals surface area contributed by atoms with Gasteiger partial charge >= 0.3 is 17.2 Å². The molecule has 2 saturated heterocycles. The van der Waals surface area contributed by atoms with E-state index in [1.807, 2.05) is 36.4 Å². The molecular weight excluding hydrogens is 578 g/mol. The molecule has 0 amide bonds. The molecule has 2 fully saturated rings. The second-order valence-corrected chi connectivity index (χ2v) is 14.5. The maximum Gasteiger partial charge on any atom is 0.397 e. The Labute approximate surface area is 257 Å². The van der Waals surface area contributed by atoms with Crippen molar-refractivity contribution in [1.82, 2.24) is 0 Å². The van der Waals surface area contributed by atoms with Crippen LogP contribution in [-0.4, -0.2) is 26.4 Å². The third kappa shape index (κ3) is 6.81. The summed E-state index contributed by atoms with van der Waals surface area (Å²) in [6, 6.07) is 37.3. The molecular formula is C35H38O6P2. The van der Waals surface area contributed by atoms with Crippen molar-refractivity contribution >= 4 is 17.2 Å². The Bertz CT molecular complexity index is 1340. The van der Waals surface area contributed by atoms with Gasteiger partial charge in [0.25, 0.3) is 0 Å². The summed E-state index contributed by atoms with van der Waals surface area (Å²) in [5.41, 5.74) is 4.37. The van der Waals surface area contributed by atoms with E-state index in [1.54, 1.807) is 0 Å². The largest absolute Gasteiger partial charge is 0.427 e. The fraction of sp³-hybridized carbons (Fsp3) is 0.314. The maximum absolute atomic E-state index is 6.04. The summed E-state index contributed by atoms with van der Waals surface area (Å²) in [5.74, 6) is 1.45. The van der Waals surface area contributed by atoms with Crippen molar-refractivity contribution in [2.45, 2.75) is 38.5 Å². The summed E-state index contributed by atoms with van der Waals surface area (Å²) in [4.78, 5) is 0. The first-order valence-electron chi connectivity index (χ1n) is 14.5. The molecule has 0 saturated carbocycles. The summed E-state index contributed by atoms with van der Waals surface area (Å²) in [7, 11) is -3.00. The van der Waals surface area contributed by atoms with E-state index in [0.717, 1.165) is 11.5 Å². The van der Waals surface area contributed by atoms with Crippen molar-refractivity contribution in [2.75, 3.05) is 26.4 Å². The molecule has 0 N–H and O–H groups in total. The third-order valence-electron chi connectivity index (χ3n) is 8.41. The Morgan fingerprint density at radius 2 is 0.767 bits per heavy atom. The number of hydrogen-bond donors (Lipinski definition) is 0. The van der Waals surface area contributed by atoms with Crippen molar-refractivity contribution < 1.29 is 27.1 Å². The summed E-state index contributed by atoms with van der Waals surface area (Å²) in [5, 5.41) is 0. The minimum Gasteiger partial charge on any atom is -0.427 e. The minimum atomic E-state index is -1.50. The van der Waals surface area contributed by atoms with E-state index < -0.39 is 17.2 Å². The zero-order valence-corrected chi connectivity index (χ0v) is 26.9. The lowest BCUT2D eigenvalue weighted by molar-refractivity contribution is -0.0672. The monoisotopic (exact) mass is 616 g/mol. The van der Waals surface area contributed by atoms with Gasteiger partial charge in [0.05, 0.1) is 31.8 Å². The van der Waals surface area contributed by atoms with Crippen molar-refractivity contribution in [3.05, 3.63) is 131 Å². The van der Waals surface area contributed by atoms with E-state index in [9.17, 15) is 0 Å². The Morgan fingerprint density at radius 1 is 0.465 bits per heavy atom. The van der Waals surface area contributed by atoms with Crippen LogP contribution in [0.3, 0.4) is 0 Å². The van der Waals surface area contributed by atoms with Gasteiger partial charge in [-0.2, -0.15) is 0 Å². The van der Waals surface area contributed by atoms with Gasteiger partial charge in [-0.25, -0.2) is 0 Å². The molecule has 0 unspecified atom stereocenters. The van der Waals surface area contributed by atoms with Crippen LogP contribution in [0.25, 0.3) is 0 Å². The van der Waals surface area contributed by atoms with Crippen molar-refractivity contribution in [3.63, 3.8) is 0 Å². The van der Waals surface area contributed by atoms with Gasteiger partial charge in [-0.1, -0.05) is 113 Å². The predicted octanol–water partition coefficient (Wildman–Crippen LogP) is 9.33. The first-order valence-corrected chi connectivity index (χ1v) is 16.7. The van der Waals surface area contributed by atoms with E-state index in [4.69, 9.17) is 27.1 Å². The Hall–Kier alpha value is -2.82. The van der Waals surface area contributed by atoms with Gasteiger partial charge in [0.1, 0.15) is 11.5 Å². The Kier molecular flexibility index (Phi) is 8.89. The molecule has 6 rings (SSSR count). The summed E-state index contributed by atoms with van der Waals surface area (Å²) < 4.78 is 36.1. The molecule has 6 nitrogen and oxygen atoms in total. The normalized spacial score (nSPS) is 22.7. The SMILES string of the molecule is CC(C)(c1ccccc1)c1ccc(OP2OCC3(CO2)COP(Oc2ccc(C(C)(C)c4ccccc4)cc2)OC3)cc1. The molecule has 0 aromatic heterocycles. The molecule has 2 heterocycles. The number of rotatable bonds is 8. The van der Waals surface area contributed by atoms with Gasteiger partial charge in [0, 0.05) is 10.8 Å².